The fourth-order valence-electron chi connectivity index (χ4n) is 3.49. The maximum Gasteiger partial charge on any atom is 0.317 e. The Hall–Kier alpha value is -1.14. The first kappa shape index (κ1) is 13.8. The topological polar surface area (TPSA) is 54.5 Å². The van der Waals surface area contributed by atoms with Crippen molar-refractivity contribution in [1.29, 1.82) is 0 Å². The van der Waals surface area contributed by atoms with Gasteiger partial charge in [-0.15, -0.1) is 11.3 Å². The fourth-order valence-corrected chi connectivity index (χ4v) is 4.04. The highest BCUT2D eigenvalue weighted by Gasteiger charge is 2.48. The normalized spacial score (nSPS) is 28.4. The third-order valence-electron chi connectivity index (χ3n) is 4.52. The minimum Gasteiger partial charge on any atom is -0.378 e. The van der Waals surface area contributed by atoms with Gasteiger partial charge in [0.2, 0.25) is 0 Å². The van der Waals surface area contributed by atoms with Crippen molar-refractivity contribution in [3.63, 3.8) is 0 Å². The second kappa shape index (κ2) is 5.69. The van der Waals surface area contributed by atoms with Crippen molar-refractivity contribution in [3.8, 4) is 0 Å². The van der Waals surface area contributed by atoms with E-state index >= 15 is 0 Å². The monoisotopic (exact) mass is 295 g/mol. The lowest BCUT2D eigenvalue weighted by molar-refractivity contribution is 0.0585. The third-order valence-corrected chi connectivity index (χ3v) is 5.30. The predicted molar refractivity (Wildman–Crippen MR) is 77.6 cm³/mol. The van der Waals surface area contributed by atoms with E-state index in [2.05, 4.69) is 10.3 Å². The Labute approximate surface area is 123 Å². The van der Waals surface area contributed by atoms with E-state index in [0.717, 1.165) is 31.0 Å². The predicted octanol–water partition coefficient (Wildman–Crippen LogP) is 2.24. The molecule has 6 heteroatoms. The molecule has 1 saturated carbocycles. The van der Waals surface area contributed by atoms with Crippen LogP contribution < -0.4 is 5.32 Å². The number of ether oxygens (including phenoxy) is 1. The van der Waals surface area contributed by atoms with Gasteiger partial charge >= 0.3 is 6.03 Å². The van der Waals surface area contributed by atoms with Gasteiger partial charge in [0.25, 0.3) is 0 Å². The van der Waals surface area contributed by atoms with E-state index in [1.807, 2.05) is 12.4 Å². The lowest BCUT2D eigenvalue weighted by atomic mass is 9.82. The molecular weight excluding hydrogens is 274 g/mol. The number of aromatic nitrogens is 1. The Morgan fingerprint density at radius 3 is 3.35 bits per heavy atom. The summed E-state index contributed by atoms with van der Waals surface area (Å²) in [6.07, 6.45) is 6.75. The molecule has 1 N–H and O–H groups in total. The molecule has 0 aromatic carbocycles. The summed E-state index contributed by atoms with van der Waals surface area (Å²) in [5.74, 6) is 0. The Morgan fingerprint density at radius 2 is 2.55 bits per heavy atom. The van der Waals surface area contributed by atoms with Crippen LogP contribution >= 0.6 is 11.3 Å². The Morgan fingerprint density at radius 1 is 1.65 bits per heavy atom. The molecule has 1 aliphatic heterocycles. The highest BCUT2D eigenvalue weighted by Crippen LogP contribution is 2.47. The molecule has 1 aromatic rings. The summed E-state index contributed by atoms with van der Waals surface area (Å²) in [5.41, 5.74) is 0.202. The maximum absolute atomic E-state index is 12.2. The van der Waals surface area contributed by atoms with E-state index in [9.17, 15) is 4.79 Å². The van der Waals surface area contributed by atoms with Crippen molar-refractivity contribution in [1.82, 2.24) is 15.2 Å². The van der Waals surface area contributed by atoms with E-state index < -0.39 is 0 Å². The average molecular weight is 295 g/mol. The Balaban J connectivity index is 1.53. The largest absolute Gasteiger partial charge is 0.378 e. The smallest absolute Gasteiger partial charge is 0.317 e. The molecule has 2 aliphatic rings. The summed E-state index contributed by atoms with van der Waals surface area (Å²) < 4.78 is 5.81. The summed E-state index contributed by atoms with van der Waals surface area (Å²) in [6, 6.07) is -0.0212. The van der Waals surface area contributed by atoms with Crippen LogP contribution in [0, 0.1) is 5.41 Å². The molecule has 2 amide bonds. The van der Waals surface area contributed by atoms with Crippen LogP contribution in [-0.4, -0.2) is 42.2 Å². The number of nitrogens with one attached hydrogen (secondary N) is 1. The molecule has 0 bridgehead atoms. The zero-order valence-corrected chi connectivity index (χ0v) is 12.6. The maximum atomic E-state index is 12.2. The van der Waals surface area contributed by atoms with Crippen LogP contribution in [0.15, 0.2) is 11.6 Å². The molecule has 110 valence electrons. The first-order valence-corrected chi connectivity index (χ1v) is 8.06. The van der Waals surface area contributed by atoms with Gasteiger partial charge in [0.05, 0.1) is 12.6 Å². The van der Waals surface area contributed by atoms with Gasteiger partial charge in [-0.25, -0.2) is 9.78 Å². The first-order chi connectivity index (χ1) is 9.70. The van der Waals surface area contributed by atoms with E-state index in [1.165, 1.54) is 12.8 Å². The van der Waals surface area contributed by atoms with Gasteiger partial charge in [0, 0.05) is 37.2 Å². The quantitative estimate of drug-likeness (QED) is 0.927. The van der Waals surface area contributed by atoms with Gasteiger partial charge in [-0.05, 0) is 19.3 Å². The van der Waals surface area contributed by atoms with Crippen LogP contribution in [0.4, 0.5) is 4.79 Å². The molecule has 1 aliphatic carbocycles. The zero-order chi connectivity index (χ0) is 14.0. The van der Waals surface area contributed by atoms with Gasteiger partial charge in [-0.2, -0.15) is 0 Å². The van der Waals surface area contributed by atoms with E-state index in [0.29, 0.717) is 12.6 Å². The molecule has 0 unspecified atom stereocenters. The second-order valence-corrected chi connectivity index (χ2v) is 6.78. The molecule has 20 heavy (non-hydrogen) atoms. The number of amides is 2. The van der Waals surface area contributed by atoms with Crippen LogP contribution in [0.3, 0.4) is 0 Å². The number of nitrogens with zero attached hydrogens (tertiary/aromatic N) is 2. The van der Waals surface area contributed by atoms with E-state index in [-0.39, 0.29) is 11.4 Å². The molecule has 1 aromatic heterocycles. The standard InChI is InChI=1S/C14H21N3O2S/c1-17(13(18)16-9-12-15-6-8-20-12)10-14-4-2-3-11(14)19-7-5-14/h6,8,11H,2-5,7,9-10H2,1H3,(H,16,18)/t11-,14-/m1/s1. The molecule has 3 rings (SSSR count). The second-order valence-electron chi connectivity index (χ2n) is 5.80. The van der Waals surface area contributed by atoms with Crippen molar-refractivity contribution in [2.45, 2.75) is 38.3 Å². The highest BCUT2D eigenvalue weighted by molar-refractivity contribution is 7.09. The highest BCUT2D eigenvalue weighted by atomic mass is 32.1. The van der Waals surface area contributed by atoms with E-state index in [4.69, 9.17) is 4.74 Å². The Bertz CT molecular complexity index is 453. The summed E-state index contributed by atoms with van der Waals surface area (Å²) in [4.78, 5) is 18.1. The number of carbonyl (C=O) groups is 1. The number of hydrogen-bond acceptors (Lipinski definition) is 4. The molecule has 0 radical (unpaired) electrons. The number of carbonyl (C=O) groups excluding carboxylic acids is 1. The zero-order valence-electron chi connectivity index (χ0n) is 11.8. The number of fused-ring (bicyclic) bond motifs is 1. The van der Waals surface area contributed by atoms with Gasteiger partial charge in [-0.1, -0.05) is 6.42 Å². The van der Waals surface area contributed by atoms with Crippen LogP contribution in [0.25, 0.3) is 0 Å². The summed E-state index contributed by atoms with van der Waals surface area (Å²) in [5, 5.41) is 5.79. The summed E-state index contributed by atoms with van der Waals surface area (Å²) in [7, 11) is 1.87. The van der Waals surface area contributed by atoms with E-state index in [1.54, 1.807) is 22.4 Å². The fraction of sp³-hybridized carbons (Fsp3) is 0.714. The Kier molecular flexibility index (Phi) is 3.94. The molecule has 2 atom stereocenters. The number of thiazole rings is 1. The van der Waals surface area contributed by atoms with Crippen LogP contribution in [0.2, 0.25) is 0 Å². The number of urea groups is 1. The van der Waals surface area contributed by atoms with Crippen molar-refractivity contribution < 1.29 is 9.53 Å². The molecule has 5 nitrogen and oxygen atoms in total. The van der Waals surface area contributed by atoms with Crippen molar-refractivity contribution in [3.05, 3.63) is 16.6 Å². The van der Waals surface area contributed by atoms with Crippen molar-refractivity contribution in [2.24, 2.45) is 5.41 Å². The molecule has 0 spiro atoms. The number of rotatable bonds is 4. The summed E-state index contributed by atoms with van der Waals surface area (Å²) >= 11 is 1.56. The van der Waals surface area contributed by atoms with Crippen molar-refractivity contribution >= 4 is 17.4 Å². The molecule has 1 saturated heterocycles. The first-order valence-electron chi connectivity index (χ1n) is 7.19. The minimum absolute atomic E-state index is 0.0212. The summed E-state index contributed by atoms with van der Waals surface area (Å²) in [6.45, 7) is 2.15. The van der Waals surface area contributed by atoms with Gasteiger partial charge < -0.3 is 15.0 Å². The molecule has 2 heterocycles. The van der Waals surface area contributed by atoms with Gasteiger partial charge in [0.15, 0.2) is 0 Å². The van der Waals surface area contributed by atoms with Gasteiger partial charge in [-0.3, -0.25) is 0 Å². The SMILES string of the molecule is CN(C[C@]12CCC[C@H]1OCC2)C(=O)NCc1nccs1. The lowest BCUT2D eigenvalue weighted by Gasteiger charge is -2.32. The molecule has 2 fully saturated rings. The number of hydrogen-bond donors (Lipinski definition) is 1. The van der Waals surface area contributed by atoms with Crippen LogP contribution in [0.1, 0.15) is 30.7 Å². The lowest BCUT2D eigenvalue weighted by Crippen LogP contribution is -2.45. The van der Waals surface area contributed by atoms with Gasteiger partial charge in [0.1, 0.15) is 5.01 Å². The molecular formula is C14H21N3O2S. The third kappa shape index (κ3) is 2.67. The van der Waals surface area contributed by atoms with Crippen molar-refractivity contribution in [2.75, 3.05) is 20.2 Å². The average Bonchev–Trinajstić information content (AvgIpc) is 3.11. The minimum atomic E-state index is -0.0212. The van der Waals surface area contributed by atoms with Crippen LogP contribution in [0.5, 0.6) is 0 Å². The van der Waals surface area contributed by atoms with Crippen LogP contribution in [-0.2, 0) is 11.3 Å².